The highest BCUT2D eigenvalue weighted by atomic mass is 19.1. The molecule has 0 saturated carbocycles. The van der Waals surface area contributed by atoms with Crippen LogP contribution in [0.5, 0.6) is 0 Å². The van der Waals surface area contributed by atoms with Crippen LogP contribution in [-0.4, -0.2) is 15.6 Å². The number of halogens is 2. The number of benzene rings is 1. The van der Waals surface area contributed by atoms with Gasteiger partial charge in [-0.15, -0.1) is 0 Å². The van der Waals surface area contributed by atoms with Gasteiger partial charge >= 0.3 is 0 Å². The first-order valence-corrected chi connectivity index (χ1v) is 5.90. The first-order valence-electron chi connectivity index (χ1n) is 5.90. The Balaban J connectivity index is 2.02. The molecule has 2 N–H and O–H groups in total. The number of hydrogen-bond donors (Lipinski definition) is 1. The van der Waals surface area contributed by atoms with Crippen LogP contribution in [0.15, 0.2) is 24.4 Å². The summed E-state index contributed by atoms with van der Waals surface area (Å²) in [5.41, 5.74) is 6.74. The summed E-state index contributed by atoms with van der Waals surface area (Å²) in [6, 6.07) is 3.65. The molecule has 0 fully saturated rings. The van der Waals surface area contributed by atoms with E-state index in [2.05, 4.69) is 4.98 Å². The molecule has 18 heavy (non-hydrogen) atoms. The first-order chi connectivity index (χ1) is 8.63. The Morgan fingerprint density at radius 1 is 1.33 bits per heavy atom. The fraction of sp³-hybridized carbons (Fsp3) is 0.308. The molecule has 1 aliphatic heterocycles. The minimum Gasteiger partial charge on any atom is -0.333 e. The predicted molar refractivity (Wildman–Crippen MR) is 63.9 cm³/mol. The fourth-order valence-electron chi connectivity index (χ4n) is 2.30. The summed E-state index contributed by atoms with van der Waals surface area (Å²) in [6.07, 6.45) is 3.47. The molecule has 94 valence electrons. The van der Waals surface area contributed by atoms with E-state index in [0.29, 0.717) is 17.8 Å². The number of hydrogen-bond acceptors (Lipinski definition) is 2. The largest absolute Gasteiger partial charge is 0.333 e. The zero-order chi connectivity index (χ0) is 12.7. The number of fused-ring (bicyclic) bond motifs is 1. The summed E-state index contributed by atoms with van der Waals surface area (Å²) in [7, 11) is 0. The molecule has 0 spiro atoms. The third-order valence-corrected chi connectivity index (χ3v) is 3.24. The molecule has 3 nitrogen and oxygen atoms in total. The molecule has 2 heterocycles. The Bertz CT molecular complexity index is 592. The van der Waals surface area contributed by atoms with Crippen LogP contribution in [0.25, 0.3) is 11.3 Å². The maximum absolute atomic E-state index is 13.7. The maximum Gasteiger partial charge on any atom is 0.135 e. The van der Waals surface area contributed by atoms with Crippen LogP contribution in [0.1, 0.15) is 12.2 Å². The van der Waals surface area contributed by atoms with Crippen molar-refractivity contribution in [2.75, 3.05) is 0 Å². The number of aryl methyl sites for hydroxylation is 1. The van der Waals surface area contributed by atoms with Crippen LogP contribution in [0.4, 0.5) is 8.78 Å². The van der Waals surface area contributed by atoms with Crippen molar-refractivity contribution in [3.05, 3.63) is 41.9 Å². The van der Waals surface area contributed by atoms with Gasteiger partial charge in [-0.3, -0.25) is 0 Å². The van der Waals surface area contributed by atoms with Gasteiger partial charge in [0.15, 0.2) is 0 Å². The van der Waals surface area contributed by atoms with E-state index in [-0.39, 0.29) is 6.04 Å². The highest BCUT2D eigenvalue weighted by Crippen LogP contribution is 2.25. The molecule has 1 atom stereocenters. The van der Waals surface area contributed by atoms with Gasteiger partial charge in [-0.2, -0.15) is 0 Å². The Morgan fingerprint density at radius 2 is 2.17 bits per heavy atom. The van der Waals surface area contributed by atoms with Crippen LogP contribution >= 0.6 is 0 Å². The van der Waals surface area contributed by atoms with Gasteiger partial charge in [0, 0.05) is 36.8 Å². The average Bonchev–Trinajstić information content (AvgIpc) is 2.71. The van der Waals surface area contributed by atoms with Crippen molar-refractivity contribution < 1.29 is 8.78 Å². The Kier molecular flexibility index (Phi) is 2.63. The smallest absolute Gasteiger partial charge is 0.135 e. The molecule has 1 aliphatic rings. The highest BCUT2D eigenvalue weighted by molar-refractivity contribution is 5.59. The number of aromatic nitrogens is 2. The molecular weight excluding hydrogens is 236 g/mol. The van der Waals surface area contributed by atoms with Crippen molar-refractivity contribution in [2.45, 2.75) is 25.4 Å². The average molecular weight is 249 g/mol. The van der Waals surface area contributed by atoms with Gasteiger partial charge in [0.05, 0.1) is 5.69 Å². The molecular formula is C13H13F2N3. The van der Waals surface area contributed by atoms with Gasteiger partial charge < -0.3 is 10.3 Å². The summed E-state index contributed by atoms with van der Waals surface area (Å²) in [5, 5.41) is 0. The Hall–Kier alpha value is -1.75. The van der Waals surface area contributed by atoms with Crippen LogP contribution in [0, 0.1) is 11.6 Å². The maximum atomic E-state index is 13.7. The van der Waals surface area contributed by atoms with Crippen molar-refractivity contribution in [1.29, 1.82) is 0 Å². The van der Waals surface area contributed by atoms with E-state index < -0.39 is 11.6 Å². The van der Waals surface area contributed by atoms with Crippen molar-refractivity contribution in [1.82, 2.24) is 9.55 Å². The zero-order valence-electron chi connectivity index (χ0n) is 9.74. The SMILES string of the molecule is NC1CCc2nc(-c3ccc(F)cc3F)cn2C1. The van der Waals surface area contributed by atoms with Crippen molar-refractivity contribution in [3.63, 3.8) is 0 Å². The monoisotopic (exact) mass is 249 g/mol. The molecule has 1 unspecified atom stereocenters. The lowest BCUT2D eigenvalue weighted by Crippen LogP contribution is -2.31. The molecule has 1 aromatic carbocycles. The molecule has 0 bridgehead atoms. The predicted octanol–water partition coefficient (Wildman–Crippen LogP) is 2.10. The van der Waals surface area contributed by atoms with Crippen LogP contribution in [0.2, 0.25) is 0 Å². The second-order valence-electron chi connectivity index (χ2n) is 4.62. The van der Waals surface area contributed by atoms with Crippen molar-refractivity contribution >= 4 is 0 Å². The van der Waals surface area contributed by atoms with Gasteiger partial charge in [0.2, 0.25) is 0 Å². The molecule has 0 amide bonds. The number of imidazole rings is 1. The second kappa shape index (κ2) is 4.17. The molecule has 2 aromatic rings. The van der Waals surface area contributed by atoms with E-state index in [1.165, 1.54) is 12.1 Å². The van der Waals surface area contributed by atoms with Crippen LogP contribution < -0.4 is 5.73 Å². The quantitative estimate of drug-likeness (QED) is 0.841. The van der Waals surface area contributed by atoms with Gasteiger partial charge in [0.25, 0.3) is 0 Å². The van der Waals surface area contributed by atoms with Gasteiger partial charge in [-0.25, -0.2) is 13.8 Å². The Labute approximate surface area is 103 Å². The topological polar surface area (TPSA) is 43.8 Å². The minimum absolute atomic E-state index is 0.123. The van der Waals surface area contributed by atoms with E-state index in [1.807, 2.05) is 4.57 Å². The summed E-state index contributed by atoms with van der Waals surface area (Å²) in [6.45, 7) is 0.700. The first kappa shape index (κ1) is 11.3. The molecule has 0 saturated heterocycles. The van der Waals surface area contributed by atoms with Gasteiger partial charge in [-0.1, -0.05) is 0 Å². The van der Waals surface area contributed by atoms with E-state index in [4.69, 9.17) is 5.73 Å². The third kappa shape index (κ3) is 1.90. The fourth-order valence-corrected chi connectivity index (χ4v) is 2.30. The molecule has 0 radical (unpaired) electrons. The van der Waals surface area contributed by atoms with E-state index in [1.54, 1.807) is 6.20 Å². The van der Waals surface area contributed by atoms with Crippen molar-refractivity contribution in [2.24, 2.45) is 5.73 Å². The van der Waals surface area contributed by atoms with Crippen molar-refractivity contribution in [3.8, 4) is 11.3 Å². The lowest BCUT2D eigenvalue weighted by atomic mass is 10.1. The zero-order valence-corrected chi connectivity index (χ0v) is 9.74. The number of rotatable bonds is 1. The number of nitrogens with zero attached hydrogens (tertiary/aromatic N) is 2. The summed E-state index contributed by atoms with van der Waals surface area (Å²) >= 11 is 0. The van der Waals surface area contributed by atoms with Gasteiger partial charge in [0.1, 0.15) is 17.5 Å². The van der Waals surface area contributed by atoms with Crippen LogP contribution in [-0.2, 0) is 13.0 Å². The van der Waals surface area contributed by atoms with Crippen LogP contribution in [0.3, 0.4) is 0 Å². The minimum atomic E-state index is -0.588. The summed E-state index contributed by atoms with van der Waals surface area (Å²) < 4.78 is 28.5. The lowest BCUT2D eigenvalue weighted by Gasteiger charge is -2.19. The molecule has 3 rings (SSSR count). The third-order valence-electron chi connectivity index (χ3n) is 3.24. The second-order valence-corrected chi connectivity index (χ2v) is 4.62. The lowest BCUT2D eigenvalue weighted by molar-refractivity contribution is 0.453. The molecule has 0 aliphatic carbocycles. The van der Waals surface area contributed by atoms with Gasteiger partial charge in [-0.05, 0) is 18.6 Å². The van der Waals surface area contributed by atoms with E-state index >= 15 is 0 Å². The number of nitrogens with two attached hydrogens (primary N) is 1. The standard InChI is InChI=1S/C13H13F2N3/c14-8-1-3-10(11(15)5-8)12-7-18-6-9(16)2-4-13(18)17-12/h1,3,5,7,9H,2,4,6,16H2. The Morgan fingerprint density at radius 3 is 2.94 bits per heavy atom. The highest BCUT2D eigenvalue weighted by Gasteiger charge is 2.19. The molecule has 5 heteroatoms. The summed E-state index contributed by atoms with van der Waals surface area (Å²) in [5.74, 6) is -0.257. The molecule has 1 aromatic heterocycles. The van der Waals surface area contributed by atoms with E-state index in [9.17, 15) is 8.78 Å². The summed E-state index contributed by atoms with van der Waals surface area (Å²) in [4.78, 5) is 4.39. The van der Waals surface area contributed by atoms with E-state index in [0.717, 1.165) is 24.7 Å². The normalized spacial score (nSPS) is 18.7.